The number of hydrogen-bond donors (Lipinski definition) is 0. The maximum absolute atomic E-state index is 12.0. The van der Waals surface area contributed by atoms with E-state index < -0.39 is 3.79 Å². The van der Waals surface area contributed by atoms with Crippen molar-refractivity contribution in [3.8, 4) is 0 Å². The second-order valence-electron chi connectivity index (χ2n) is 11.3. The van der Waals surface area contributed by atoms with E-state index in [9.17, 15) is 9.59 Å². The van der Waals surface area contributed by atoms with Crippen LogP contribution in [0.1, 0.15) is 71.6 Å². The van der Waals surface area contributed by atoms with Crippen molar-refractivity contribution in [3.63, 3.8) is 0 Å². The molecule has 184 valence electrons. The van der Waals surface area contributed by atoms with E-state index in [-0.39, 0.29) is 40.7 Å². The van der Waals surface area contributed by atoms with Crippen LogP contribution in [0.4, 0.5) is 0 Å². The van der Waals surface area contributed by atoms with Gasteiger partial charge in [0.05, 0.1) is 12.7 Å². The maximum Gasteiger partial charge on any atom is 0.306 e. The van der Waals surface area contributed by atoms with Crippen LogP contribution in [0.3, 0.4) is 0 Å². The van der Waals surface area contributed by atoms with Crippen molar-refractivity contribution in [1.82, 2.24) is 0 Å². The van der Waals surface area contributed by atoms with Gasteiger partial charge in [0.1, 0.15) is 11.2 Å². The van der Waals surface area contributed by atoms with Gasteiger partial charge in [0, 0.05) is 30.8 Å². The SMILES string of the molecule is CC12CCC(=O)C=C1CCC1C3CC[C@@]4(CCC(=O)O4)C3(C)CC3OC312.COCC(Cl)(Cl)Cl. The summed E-state index contributed by atoms with van der Waals surface area (Å²) in [6.07, 6.45) is 10.6. The summed E-state index contributed by atoms with van der Waals surface area (Å²) in [5.41, 5.74) is 1.12. The van der Waals surface area contributed by atoms with Gasteiger partial charge in [-0.3, -0.25) is 9.59 Å². The predicted octanol–water partition coefficient (Wildman–Crippen LogP) is 5.73. The molecule has 2 saturated heterocycles. The van der Waals surface area contributed by atoms with E-state index in [1.807, 2.05) is 6.08 Å². The van der Waals surface area contributed by atoms with Crippen LogP contribution in [0.25, 0.3) is 0 Å². The molecule has 2 heterocycles. The van der Waals surface area contributed by atoms with E-state index in [0.29, 0.717) is 30.5 Å². The van der Waals surface area contributed by atoms with Crippen LogP contribution in [0.15, 0.2) is 11.6 Å². The molecule has 0 aromatic carbocycles. The Morgan fingerprint density at radius 2 is 1.82 bits per heavy atom. The number of esters is 1. The number of ketones is 1. The maximum atomic E-state index is 12.0. The fraction of sp³-hybridized carbons (Fsp3) is 0.840. The zero-order valence-corrected chi connectivity index (χ0v) is 21.8. The molecule has 5 fully saturated rings. The Labute approximate surface area is 210 Å². The number of alkyl halides is 3. The van der Waals surface area contributed by atoms with Crippen LogP contribution >= 0.6 is 34.8 Å². The minimum Gasteiger partial charge on any atom is -0.458 e. The van der Waals surface area contributed by atoms with Crippen LogP contribution in [0.5, 0.6) is 0 Å². The molecule has 5 nitrogen and oxygen atoms in total. The van der Waals surface area contributed by atoms with E-state index in [4.69, 9.17) is 44.3 Å². The smallest absolute Gasteiger partial charge is 0.306 e. The van der Waals surface area contributed by atoms with Gasteiger partial charge in [-0.25, -0.2) is 0 Å². The lowest BCUT2D eigenvalue weighted by Crippen LogP contribution is -2.59. The number of rotatable bonds is 1. The van der Waals surface area contributed by atoms with Gasteiger partial charge in [0.2, 0.25) is 3.79 Å². The molecule has 33 heavy (non-hydrogen) atoms. The van der Waals surface area contributed by atoms with E-state index in [1.165, 1.54) is 12.7 Å². The molecular weight excluding hydrogens is 487 g/mol. The number of carbonyl (C=O) groups is 2. The second kappa shape index (κ2) is 7.83. The minimum atomic E-state index is -1.26. The standard InChI is InChI=1S/C22H28O4.C3H5Cl3O/c1-19-8-5-14(23)11-13(19)3-4-16-15-6-9-21(10-7-18(24)26-21)20(15,2)12-17-22(16,19)25-17;1-7-2-3(4,5)6/h11,15-17H,3-10,12H2,1-2H3;2H2,1H3/t15?,16?,17?,19?,20?,21-,22?;/m1./s1. The highest BCUT2D eigenvalue weighted by atomic mass is 35.6. The van der Waals surface area contributed by atoms with E-state index in [0.717, 1.165) is 44.9 Å². The Balaban J connectivity index is 0.000000287. The third kappa shape index (κ3) is 3.47. The lowest BCUT2D eigenvalue weighted by Gasteiger charge is -2.56. The zero-order chi connectivity index (χ0) is 23.9. The zero-order valence-electron chi connectivity index (χ0n) is 19.6. The first-order valence-corrected chi connectivity index (χ1v) is 13.2. The molecule has 2 spiro atoms. The Morgan fingerprint density at radius 1 is 1.06 bits per heavy atom. The number of halogens is 3. The summed E-state index contributed by atoms with van der Waals surface area (Å²) in [4.78, 5) is 24.0. The summed E-state index contributed by atoms with van der Waals surface area (Å²) in [5.74, 6) is 1.40. The number of fused-ring (bicyclic) bond motifs is 4. The molecule has 0 aromatic heterocycles. The molecule has 6 unspecified atom stereocenters. The summed E-state index contributed by atoms with van der Waals surface area (Å²) in [6, 6.07) is 0. The van der Waals surface area contributed by atoms with E-state index >= 15 is 0 Å². The number of ether oxygens (including phenoxy) is 3. The highest BCUT2D eigenvalue weighted by Crippen LogP contribution is 2.77. The third-order valence-electron chi connectivity index (χ3n) is 9.98. The Morgan fingerprint density at radius 3 is 2.42 bits per heavy atom. The molecule has 4 aliphatic carbocycles. The van der Waals surface area contributed by atoms with Crippen LogP contribution in [0.2, 0.25) is 0 Å². The van der Waals surface area contributed by atoms with Gasteiger partial charge in [-0.05, 0) is 62.9 Å². The quantitative estimate of drug-likeness (QED) is 0.251. The summed E-state index contributed by atoms with van der Waals surface area (Å²) < 4.78 is 15.9. The summed E-state index contributed by atoms with van der Waals surface area (Å²) in [6.45, 7) is 4.88. The van der Waals surface area contributed by atoms with Gasteiger partial charge < -0.3 is 14.2 Å². The molecule has 3 saturated carbocycles. The molecule has 6 rings (SSSR count). The molecule has 2 aliphatic heterocycles. The van der Waals surface area contributed by atoms with Crippen molar-refractivity contribution < 1.29 is 23.8 Å². The molecule has 8 heteroatoms. The van der Waals surface area contributed by atoms with Crippen LogP contribution in [-0.2, 0) is 23.8 Å². The third-order valence-corrected chi connectivity index (χ3v) is 10.3. The van der Waals surface area contributed by atoms with Gasteiger partial charge >= 0.3 is 5.97 Å². The number of carbonyl (C=O) groups excluding carboxylic acids is 2. The fourth-order valence-corrected chi connectivity index (χ4v) is 8.79. The first-order valence-electron chi connectivity index (χ1n) is 12.1. The van der Waals surface area contributed by atoms with Gasteiger partial charge in [-0.2, -0.15) is 0 Å². The van der Waals surface area contributed by atoms with Crippen molar-refractivity contribution in [2.45, 2.75) is 92.7 Å². The molecule has 0 bridgehead atoms. The minimum absolute atomic E-state index is 0.00737. The van der Waals surface area contributed by atoms with Crippen LogP contribution in [0, 0.1) is 22.7 Å². The lowest BCUT2D eigenvalue weighted by molar-refractivity contribution is -0.164. The Kier molecular flexibility index (Phi) is 5.78. The van der Waals surface area contributed by atoms with Gasteiger partial charge in [-0.1, -0.05) is 54.2 Å². The van der Waals surface area contributed by atoms with Gasteiger partial charge in [0.25, 0.3) is 0 Å². The monoisotopic (exact) mass is 518 g/mol. The average Bonchev–Trinajstić information content (AvgIpc) is 3.20. The number of hydrogen-bond acceptors (Lipinski definition) is 5. The lowest BCUT2D eigenvalue weighted by atomic mass is 9.46. The molecule has 7 atom stereocenters. The first kappa shape index (κ1) is 24.4. The Hall–Kier alpha value is -0.330. The topological polar surface area (TPSA) is 65.1 Å². The second-order valence-corrected chi connectivity index (χ2v) is 13.8. The highest BCUT2D eigenvalue weighted by Gasteiger charge is 2.81. The average molecular weight is 520 g/mol. The van der Waals surface area contributed by atoms with Crippen LogP contribution < -0.4 is 0 Å². The van der Waals surface area contributed by atoms with Crippen molar-refractivity contribution in [3.05, 3.63) is 11.6 Å². The molecule has 0 radical (unpaired) electrons. The number of epoxide rings is 1. The van der Waals surface area contributed by atoms with Gasteiger partial charge in [0.15, 0.2) is 5.78 Å². The normalized spacial score (nSPS) is 47.5. The molecular formula is C25H33Cl3O5. The Bertz CT molecular complexity index is 899. The van der Waals surface area contributed by atoms with Crippen molar-refractivity contribution >= 4 is 46.6 Å². The number of methoxy groups -OCH3 is 1. The summed E-state index contributed by atoms with van der Waals surface area (Å²) >= 11 is 15.7. The van der Waals surface area contributed by atoms with Crippen molar-refractivity contribution in [2.24, 2.45) is 22.7 Å². The molecule has 0 aromatic rings. The fourth-order valence-electron chi connectivity index (χ4n) is 8.46. The van der Waals surface area contributed by atoms with Gasteiger partial charge in [-0.15, -0.1) is 0 Å². The summed E-state index contributed by atoms with van der Waals surface area (Å²) in [5, 5.41) is 0. The van der Waals surface area contributed by atoms with Crippen molar-refractivity contribution in [1.29, 1.82) is 0 Å². The summed E-state index contributed by atoms with van der Waals surface area (Å²) in [7, 11) is 1.47. The van der Waals surface area contributed by atoms with Crippen LogP contribution in [-0.4, -0.2) is 46.6 Å². The molecule has 6 aliphatic rings. The van der Waals surface area contributed by atoms with E-state index in [2.05, 4.69) is 18.6 Å². The molecule has 0 N–H and O–H groups in total. The molecule has 0 amide bonds. The highest BCUT2D eigenvalue weighted by molar-refractivity contribution is 6.67. The first-order chi connectivity index (χ1) is 15.4. The van der Waals surface area contributed by atoms with Crippen molar-refractivity contribution in [2.75, 3.05) is 13.7 Å². The van der Waals surface area contributed by atoms with E-state index in [1.54, 1.807) is 0 Å². The predicted molar refractivity (Wildman–Crippen MR) is 126 cm³/mol. The largest absolute Gasteiger partial charge is 0.458 e.